The molecule has 1 rings (SSSR count). The molecule has 0 aliphatic heterocycles. The summed E-state index contributed by atoms with van der Waals surface area (Å²) in [5, 5.41) is 9.82. The van der Waals surface area contributed by atoms with E-state index in [4.69, 9.17) is 10.5 Å². The van der Waals surface area contributed by atoms with Gasteiger partial charge in [0.15, 0.2) is 0 Å². The maximum absolute atomic E-state index is 9.82. The van der Waals surface area contributed by atoms with Crippen molar-refractivity contribution in [1.29, 1.82) is 0 Å². The molecule has 3 heteroatoms. The van der Waals surface area contributed by atoms with Gasteiger partial charge in [-0.15, -0.1) is 0 Å². The molecule has 3 N–H and O–H groups in total. The first-order valence-electron chi connectivity index (χ1n) is 4.07. The highest BCUT2D eigenvalue weighted by Crippen LogP contribution is 2.39. The molecule has 0 aromatic carbocycles. The summed E-state index contributed by atoms with van der Waals surface area (Å²) in [6.45, 7) is 2.53. The van der Waals surface area contributed by atoms with Gasteiger partial charge in [0.1, 0.15) is 0 Å². The predicted octanol–water partition coefficient (Wildman–Crippen LogP) is 0.121. The molecular weight excluding hydrogens is 142 g/mol. The topological polar surface area (TPSA) is 55.5 Å². The van der Waals surface area contributed by atoms with Crippen molar-refractivity contribution in [2.45, 2.75) is 31.5 Å². The van der Waals surface area contributed by atoms with Gasteiger partial charge in [-0.1, -0.05) is 6.92 Å². The van der Waals surface area contributed by atoms with Crippen LogP contribution in [0.1, 0.15) is 19.8 Å². The van der Waals surface area contributed by atoms with Crippen LogP contribution < -0.4 is 5.73 Å². The van der Waals surface area contributed by atoms with Gasteiger partial charge in [-0.2, -0.15) is 0 Å². The molecule has 0 radical (unpaired) electrons. The van der Waals surface area contributed by atoms with E-state index >= 15 is 0 Å². The molecule has 0 aromatic rings. The molecule has 3 nitrogen and oxygen atoms in total. The van der Waals surface area contributed by atoms with Crippen LogP contribution in [-0.4, -0.2) is 30.5 Å². The SMILES string of the molecule is COC1CC(O)(C(C)CN)C1. The lowest BCUT2D eigenvalue weighted by molar-refractivity contribution is -0.153. The summed E-state index contributed by atoms with van der Waals surface area (Å²) in [7, 11) is 1.68. The molecule has 1 fully saturated rings. The van der Waals surface area contributed by atoms with E-state index in [0.29, 0.717) is 6.54 Å². The van der Waals surface area contributed by atoms with Gasteiger partial charge in [-0.05, 0) is 12.5 Å². The number of aliphatic hydroxyl groups is 1. The van der Waals surface area contributed by atoms with Gasteiger partial charge in [-0.3, -0.25) is 0 Å². The Morgan fingerprint density at radius 2 is 2.27 bits per heavy atom. The number of methoxy groups -OCH3 is 1. The first kappa shape index (κ1) is 8.97. The van der Waals surface area contributed by atoms with Crippen molar-refractivity contribution in [2.75, 3.05) is 13.7 Å². The highest BCUT2D eigenvalue weighted by atomic mass is 16.5. The van der Waals surface area contributed by atoms with E-state index in [-0.39, 0.29) is 12.0 Å². The van der Waals surface area contributed by atoms with Crippen LogP contribution in [0.4, 0.5) is 0 Å². The summed E-state index contributed by atoms with van der Waals surface area (Å²) in [5.74, 6) is 0.189. The second-order valence-electron chi connectivity index (χ2n) is 3.51. The fourth-order valence-corrected chi connectivity index (χ4v) is 1.52. The van der Waals surface area contributed by atoms with Crippen LogP contribution in [0.15, 0.2) is 0 Å². The quantitative estimate of drug-likeness (QED) is 0.615. The third-order valence-corrected chi connectivity index (χ3v) is 2.77. The zero-order valence-electron chi connectivity index (χ0n) is 7.21. The lowest BCUT2D eigenvalue weighted by Crippen LogP contribution is -2.54. The normalized spacial score (nSPS) is 39.8. The molecule has 0 heterocycles. The third kappa shape index (κ3) is 1.55. The average molecular weight is 159 g/mol. The van der Waals surface area contributed by atoms with Crippen LogP contribution in [0.2, 0.25) is 0 Å². The second-order valence-corrected chi connectivity index (χ2v) is 3.51. The second kappa shape index (κ2) is 3.09. The highest BCUT2D eigenvalue weighted by Gasteiger charge is 2.46. The van der Waals surface area contributed by atoms with Crippen molar-refractivity contribution >= 4 is 0 Å². The number of rotatable bonds is 3. The smallest absolute Gasteiger partial charge is 0.0734 e. The molecule has 0 spiro atoms. The molecule has 0 amide bonds. The van der Waals surface area contributed by atoms with E-state index in [9.17, 15) is 5.11 Å². The van der Waals surface area contributed by atoms with Gasteiger partial charge in [0.05, 0.1) is 11.7 Å². The van der Waals surface area contributed by atoms with E-state index in [0.717, 1.165) is 12.8 Å². The Morgan fingerprint density at radius 3 is 2.64 bits per heavy atom. The Kier molecular flexibility index (Phi) is 2.52. The molecule has 1 unspecified atom stereocenters. The molecule has 0 aromatic heterocycles. The van der Waals surface area contributed by atoms with Crippen LogP contribution in [-0.2, 0) is 4.74 Å². The molecule has 1 aliphatic carbocycles. The van der Waals surface area contributed by atoms with Gasteiger partial charge in [-0.25, -0.2) is 0 Å². The summed E-state index contributed by atoms with van der Waals surface area (Å²) in [4.78, 5) is 0. The van der Waals surface area contributed by atoms with E-state index < -0.39 is 5.60 Å². The summed E-state index contributed by atoms with van der Waals surface area (Å²) < 4.78 is 5.08. The number of nitrogens with two attached hydrogens (primary N) is 1. The minimum atomic E-state index is -0.546. The van der Waals surface area contributed by atoms with E-state index in [1.807, 2.05) is 6.92 Å². The lowest BCUT2D eigenvalue weighted by Gasteiger charge is -2.46. The van der Waals surface area contributed by atoms with Gasteiger partial charge in [0.25, 0.3) is 0 Å². The number of ether oxygens (including phenoxy) is 1. The predicted molar refractivity (Wildman–Crippen MR) is 43.2 cm³/mol. The van der Waals surface area contributed by atoms with Crippen LogP contribution in [0.5, 0.6) is 0 Å². The van der Waals surface area contributed by atoms with Gasteiger partial charge < -0.3 is 15.6 Å². The highest BCUT2D eigenvalue weighted by molar-refractivity contribution is 4.98. The van der Waals surface area contributed by atoms with Gasteiger partial charge >= 0.3 is 0 Å². The zero-order valence-corrected chi connectivity index (χ0v) is 7.21. The maximum Gasteiger partial charge on any atom is 0.0734 e. The van der Waals surface area contributed by atoms with Crippen molar-refractivity contribution in [1.82, 2.24) is 0 Å². The Bertz CT molecular complexity index is 132. The van der Waals surface area contributed by atoms with E-state index in [1.165, 1.54) is 0 Å². The molecule has 0 bridgehead atoms. The standard InChI is InChI=1S/C8H17NO2/c1-6(5-9)8(10)3-7(4-8)11-2/h6-7,10H,3-5,9H2,1-2H3. The minimum Gasteiger partial charge on any atom is -0.389 e. The Balaban J connectivity index is 2.36. The fraction of sp³-hybridized carbons (Fsp3) is 1.00. The van der Waals surface area contributed by atoms with E-state index in [2.05, 4.69) is 0 Å². The molecule has 1 aliphatic rings. The van der Waals surface area contributed by atoms with Crippen molar-refractivity contribution < 1.29 is 9.84 Å². The first-order chi connectivity index (χ1) is 5.12. The van der Waals surface area contributed by atoms with Crippen LogP contribution in [0.25, 0.3) is 0 Å². The zero-order chi connectivity index (χ0) is 8.48. The van der Waals surface area contributed by atoms with Crippen molar-refractivity contribution in [3.05, 3.63) is 0 Å². The number of hydrogen-bond donors (Lipinski definition) is 2. The monoisotopic (exact) mass is 159 g/mol. The fourth-order valence-electron chi connectivity index (χ4n) is 1.52. The number of hydrogen-bond acceptors (Lipinski definition) is 3. The summed E-state index contributed by atoms with van der Waals surface area (Å²) in [6, 6.07) is 0. The van der Waals surface area contributed by atoms with Crippen LogP contribution in [0, 0.1) is 5.92 Å². The molecule has 11 heavy (non-hydrogen) atoms. The first-order valence-corrected chi connectivity index (χ1v) is 4.07. The summed E-state index contributed by atoms with van der Waals surface area (Å²) in [6.07, 6.45) is 1.72. The lowest BCUT2D eigenvalue weighted by atomic mass is 9.70. The van der Waals surface area contributed by atoms with Crippen molar-refractivity contribution in [3.63, 3.8) is 0 Å². The van der Waals surface area contributed by atoms with Gasteiger partial charge in [0, 0.05) is 20.0 Å². The third-order valence-electron chi connectivity index (χ3n) is 2.77. The maximum atomic E-state index is 9.82. The summed E-state index contributed by atoms with van der Waals surface area (Å²) >= 11 is 0. The largest absolute Gasteiger partial charge is 0.389 e. The average Bonchev–Trinajstić information content (AvgIpc) is 1.96. The molecular formula is C8H17NO2. The molecule has 1 saturated carbocycles. The Hall–Kier alpha value is -0.120. The Morgan fingerprint density at radius 1 is 1.73 bits per heavy atom. The van der Waals surface area contributed by atoms with Crippen molar-refractivity contribution in [2.24, 2.45) is 11.7 Å². The van der Waals surface area contributed by atoms with Crippen LogP contribution in [0.3, 0.4) is 0 Å². The Labute approximate surface area is 67.5 Å². The molecule has 0 saturated heterocycles. The van der Waals surface area contributed by atoms with E-state index in [1.54, 1.807) is 7.11 Å². The van der Waals surface area contributed by atoms with Crippen LogP contribution >= 0.6 is 0 Å². The minimum absolute atomic E-state index is 0.189. The van der Waals surface area contributed by atoms with Gasteiger partial charge in [0.2, 0.25) is 0 Å². The summed E-state index contributed by atoms with van der Waals surface area (Å²) in [5.41, 5.74) is 4.91. The molecule has 66 valence electrons. The van der Waals surface area contributed by atoms with Crippen molar-refractivity contribution in [3.8, 4) is 0 Å². The molecule has 1 atom stereocenters.